The highest BCUT2D eigenvalue weighted by Crippen LogP contribution is 2.21. The summed E-state index contributed by atoms with van der Waals surface area (Å²) in [6.07, 6.45) is 1.30. The number of rotatable bonds is 6. The second-order valence-corrected chi connectivity index (χ2v) is 5.40. The third kappa shape index (κ3) is 4.37. The van der Waals surface area contributed by atoms with Gasteiger partial charge in [0.2, 0.25) is 5.82 Å². The number of anilines is 1. The van der Waals surface area contributed by atoms with E-state index in [0.717, 1.165) is 18.2 Å². The summed E-state index contributed by atoms with van der Waals surface area (Å²) in [5.74, 6) is -2.45. The number of nitrogens with zero attached hydrogens (tertiary/aromatic N) is 2. The van der Waals surface area contributed by atoms with Gasteiger partial charge >= 0.3 is 11.7 Å². The third-order valence-corrected chi connectivity index (χ3v) is 3.23. The van der Waals surface area contributed by atoms with E-state index in [2.05, 4.69) is 15.5 Å². The molecule has 1 amide bonds. The van der Waals surface area contributed by atoms with Crippen molar-refractivity contribution in [2.75, 3.05) is 11.9 Å². The molecule has 25 heavy (non-hydrogen) atoms. The average molecular weight is 350 g/mol. The van der Waals surface area contributed by atoms with Crippen molar-refractivity contribution in [2.24, 2.45) is 0 Å². The van der Waals surface area contributed by atoms with E-state index in [-0.39, 0.29) is 17.2 Å². The molecule has 0 saturated heterocycles. The number of amides is 1. The number of nitro groups is 1. The summed E-state index contributed by atoms with van der Waals surface area (Å²) < 4.78 is 18.1. The Morgan fingerprint density at radius 3 is 2.80 bits per heavy atom. The van der Waals surface area contributed by atoms with Crippen LogP contribution < -0.4 is 5.32 Å². The lowest BCUT2D eigenvalue weighted by Crippen LogP contribution is -2.21. The molecule has 0 aliphatic heterocycles. The maximum absolute atomic E-state index is 13.2. The van der Waals surface area contributed by atoms with Gasteiger partial charge in [0.15, 0.2) is 6.61 Å². The first kappa shape index (κ1) is 18.0. The van der Waals surface area contributed by atoms with Gasteiger partial charge in [-0.2, -0.15) is 9.49 Å². The van der Waals surface area contributed by atoms with E-state index in [1.807, 2.05) is 13.8 Å². The van der Waals surface area contributed by atoms with Crippen LogP contribution in [0.25, 0.3) is 0 Å². The first-order valence-corrected chi connectivity index (χ1v) is 7.23. The second kappa shape index (κ2) is 7.51. The molecule has 9 nitrogen and oxygen atoms in total. The van der Waals surface area contributed by atoms with Gasteiger partial charge in [0.05, 0.1) is 16.8 Å². The minimum atomic E-state index is -1.02. The lowest BCUT2D eigenvalue weighted by Gasteiger charge is -2.08. The molecule has 1 heterocycles. The Balaban J connectivity index is 1.97. The fraction of sp³-hybridized carbons (Fsp3) is 0.267. The van der Waals surface area contributed by atoms with Gasteiger partial charge in [0.1, 0.15) is 5.56 Å². The Morgan fingerprint density at radius 1 is 1.44 bits per heavy atom. The number of carbonyl (C=O) groups is 2. The van der Waals surface area contributed by atoms with Crippen LogP contribution in [0.4, 0.5) is 15.8 Å². The number of hydrogen-bond donors (Lipinski definition) is 2. The highest BCUT2D eigenvalue weighted by atomic mass is 19.1. The van der Waals surface area contributed by atoms with Crippen LogP contribution in [0, 0.1) is 15.9 Å². The molecule has 0 saturated carbocycles. The minimum absolute atomic E-state index is 0.0126. The number of nitro benzene ring substituents is 1. The fourth-order valence-electron chi connectivity index (χ4n) is 2.04. The topological polar surface area (TPSA) is 127 Å². The molecule has 0 unspecified atom stereocenters. The van der Waals surface area contributed by atoms with Gasteiger partial charge in [-0.3, -0.25) is 20.0 Å². The van der Waals surface area contributed by atoms with Crippen molar-refractivity contribution in [3.05, 3.63) is 51.6 Å². The highest BCUT2D eigenvalue weighted by Gasteiger charge is 2.19. The van der Waals surface area contributed by atoms with E-state index < -0.39 is 34.9 Å². The standard InChI is InChI=1S/C15H15FN4O5/c1-8(2)14-10(6-17-19-14)15(22)25-7-13(21)18-9-3-4-11(16)12(5-9)20(23)24/h3-6,8H,7H2,1-2H3,(H,17,19)(H,18,21). The molecule has 2 rings (SSSR count). The molecule has 0 spiro atoms. The van der Waals surface area contributed by atoms with Gasteiger partial charge in [0.25, 0.3) is 5.91 Å². The average Bonchev–Trinajstić information content (AvgIpc) is 3.04. The van der Waals surface area contributed by atoms with Crippen molar-refractivity contribution in [3.63, 3.8) is 0 Å². The molecule has 2 aromatic rings. The molecular formula is C15H15FN4O5. The molecule has 10 heteroatoms. The van der Waals surface area contributed by atoms with Crippen LogP contribution in [0.5, 0.6) is 0 Å². The number of aromatic nitrogens is 2. The number of nitrogens with one attached hydrogen (secondary N) is 2. The molecule has 1 aromatic carbocycles. The van der Waals surface area contributed by atoms with Crippen LogP contribution in [-0.4, -0.2) is 33.6 Å². The van der Waals surface area contributed by atoms with Crippen molar-refractivity contribution >= 4 is 23.3 Å². The summed E-state index contributed by atoms with van der Waals surface area (Å²) in [6.45, 7) is 3.11. The zero-order valence-electron chi connectivity index (χ0n) is 13.4. The molecule has 0 fully saturated rings. The number of benzene rings is 1. The smallest absolute Gasteiger partial charge is 0.342 e. The number of H-pyrrole nitrogens is 1. The minimum Gasteiger partial charge on any atom is -0.452 e. The molecule has 0 aliphatic rings. The molecule has 132 valence electrons. The number of esters is 1. The van der Waals surface area contributed by atoms with Crippen molar-refractivity contribution in [3.8, 4) is 0 Å². The largest absolute Gasteiger partial charge is 0.452 e. The summed E-state index contributed by atoms with van der Waals surface area (Å²) in [4.78, 5) is 33.5. The van der Waals surface area contributed by atoms with Crippen LogP contribution in [0.1, 0.15) is 35.8 Å². The molecule has 2 N–H and O–H groups in total. The maximum atomic E-state index is 13.2. The summed E-state index contributed by atoms with van der Waals surface area (Å²) >= 11 is 0. The predicted molar refractivity (Wildman–Crippen MR) is 84.6 cm³/mol. The number of carbonyl (C=O) groups excluding carboxylic acids is 2. The SMILES string of the molecule is CC(C)c1[nH]ncc1C(=O)OCC(=O)Nc1ccc(F)c([N+](=O)[O-])c1. The summed E-state index contributed by atoms with van der Waals surface area (Å²) in [7, 11) is 0. The molecule has 0 radical (unpaired) electrons. The van der Waals surface area contributed by atoms with Crippen molar-refractivity contribution in [2.45, 2.75) is 19.8 Å². The molecular weight excluding hydrogens is 335 g/mol. The fourth-order valence-corrected chi connectivity index (χ4v) is 2.04. The maximum Gasteiger partial charge on any atom is 0.342 e. The zero-order chi connectivity index (χ0) is 18.6. The van der Waals surface area contributed by atoms with E-state index in [1.54, 1.807) is 0 Å². The Morgan fingerprint density at radius 2 is 2.16 bits per heavy atom. The van der Waals surface area contributed by atoms with Crippen LogP contribution in [0.15, 0.2) is 24.4 Å². The van der Waals surface area contributed by atoms with E-state index in [4.69, 9.17) is 4.74 Å². The predicted octanol–water partition coefficient (Wildman–Crippen LogP) is 2.38. The third-order valence-electron chi connectivity index (χ3n) is 3.23. The van der Waals surface area contributed by atoms with Crippen LogP contribution in [0.3, 0.4) is 0 Å². The first-order valence-electron chi connectivity index (χ1n) is 7.23. The van der Waals surface area contributed by atoms with E-state index >= 15 is 0 Å². The monoisotopic (exact) mass is 350 g/mol. The van der Waals surface area contributed by atoms with Crippen LogP contribution >= 0.6 is 0 Å². The molecule has 0 atom stereocenters. The summed E-state index contributed by atoms with van der Waals surface area (Å²) in [5.41, 5.74) is 0.0508. The number of aromatic amines is 1. The van der Waals surface area contributed by atoms with Gasteiger partial charge < -0.3 is 10.1 Å². The van der Waals surface area contributed by atoms with Crippen LogP contribution in [-0.2, 0) is 9.53 Å². The zero-order valence-corrected chi connectivity index (χ0v) is 13.4. The van der Waals surface area contributed by atoms with E-state index in [9.17, 15) is 24.1 Å². The van der Waals surface area contributed by atoms with Crippen molar-refractivity contribution in [1.82, 2.24) is 10.2 Å². The second-order valence-electron chi connectivity index (χ2n) is 5.40. The van der Waals surface area contributed by atoms with Gasteiger partial charge in [-0.05, 0) is 18.1 Å². The van der Waals surface area contributed by atoms with Gasteiger partial charge in [-0.15, -0.1) is 0 Å². The Bertz CT molecular complexity index is 818. The lowest BCUT2D eigenvalue weighted by molar-refractivity contribution is -0.387. The quantitative estimate of drug-likeness (QED) is 0.468. The van der Waals surface area contributed by atoms with Gasteiger partial charge in [-0.25, -0.2) is 4.79 Å². The Kier molecular flexibility index (Phi) is 5.42. The van der Waals surface area contributed by atoms with E-state index in [0.29, 0.717) is 5.69 Å². The molecule has 0 aliphatic carbocycles. The molecule has 0 bridgehead atoms. The van der Waals surface area contributed by atoms with Crippen LogP contribution in [0.2, 0.25) is 0 Å². The number of halogens is 1. The first-order chi connectivity index (χ1) is 11.8. The number of hydrogen-bond acceptors (Lipinski definition) is 6. The molecule has 1 aromatic heterocycles. The van der Waals surface area contributed by atoms with Gasteiger partial charge in [0, 0.05) is 11.8 Å². The van der Waals surface area contributed by atoms with E-state index in [1.165, 1.54) is 6.20 Å². The Hall–Kier alpha value is -3.30. The summed E-state index contributed by atoms with van der Waals surface area (Å²) in [6, 6.07) is 2.90. The summed E-state index contributed by atoms with van der Waals surface area (Å²) in [5, 5.41) is 19.4. The van der Waals surface area contributed by atoms with Gasteiger partial charge in [-0.1, -0.05) is 13.8 Å². The highest BCUT2D eigenvalue weighted by molar-refractivity contribution is 5.96. The number of ether oxygens (including phenoxy) is 1. The Labute approximate surface area is 141 Å². The normalized spacial score (nSPS) is 10.6. The lowest BCUT2D eigenvalue weighted by atomic mass is 10.1. The van der Waals surface area contributed by atoms with Crippen molar-refractivity contribution < 1.29 is 23.6 Å². The van der Waals surface area contributed by atoms with Crippen molar-refractivity contribution in [1.29, 1.82) is 0 Å².